The Morgan fingerprint density at radius 3 is 0.500 bits per heavy atom. The van der Waals surface area contributed by atoms with Crippen molar-refractivity contribution < 1.29 is 37.4 Å². The second-order valence-electron chi connectivity index (χ2n) is 32.1. The molecule has 4 N–H and O–H groups in total. The Balaban J connectivity index is 1.06. The fourth-order valence-electron chi connectivity index (χ4n) is 17.3. The normalized spacial score (nSPS) is 12.3. The Morgan fingerprint density at radius 1 is 0.225 bits per heavy atom. The Morgan fingerprint density at radius 2 is 0.367 bits per heavy atom. The summed E-state index contributed by atoms with van der Waals surface area (Å²) in [6.45, 7) is 8.82. The first-order valence-electron chi connectivity index (χ1n) is 43.0. The molecule has 1 aliphatic carbocycles. The highest BCUT2D eigenvalue weighted by atomic mass is 31.2. The van der Waals surface area contributed by atoms with Gasteiger partial charge in [-0.3, -0.25) is 19.2 Å². The Bertz CT molecular complexity index is 4750. The molecule has 13 rings (SSSR count). The molecule has 0 heterocycles. The van der Waals surface area contributed by atoms with Crippen molar-refractivity contribution in [3.8, 4) is 0 Å². The Labute approximate surface area is 710 Å². The first-order valence-corrected chi connectivity index (χ1v) is 50.6. The standard InChI is InChI=1S/C104H112N4O8P4/c1-5-9-21-57-97-77-61-79-67-86(106-102(110)74-118(114,91-45-29-15-30-46-91)92-47-31-16-32-48-92)69-81(98(79)58-22-10-6-2)63-83-71-88(108-104(112)76-120(116,95-53-37-19-38-54-95)96-55-39-20-40-56-96)72-84(100(83)60-24-12-8-4)64-82-70-87(107-103(111)75-119(115,93-49-33-17-34-50-93)94-51-35-18-36-52-94)68-80(99(82)59-23-11-7-3)62-78(97)66-85(65-77)105-101(109)73-117(113,89-41-25-13-26-42-89)90-43-27-14-28-44-90/h13-20,25-56,65-72H,5-12,21-24,57-64,73-76H2,1-4H3,(H,105,109)(H,106,110)(H,107,111)(H,108,112). The van der Waals surface area contributed by atoms with E-state index >= 15 is 37.4 Å². The highest BCUT2D eigenvalue weighted by Gasteiger charge is 2.36. The maximum absolute atomic E-state index is 15.9. The van der Waals surface area contributed by atoms with Gasteiger partial charge in [0.15, 0.2) is 28.6 Å². The third-order valence-electron chi connectivity index (χ3n) is 23.4. The van der Waals surface area contributed by atoms with Crippen molar-refractivity contribution in [1.82, 2.24) is 0 Å². The van der Waals surface area contributed by atoms with Crippen molar-refractivity contribution in [3.05, 3.63) is 358 Å². The van der Waals surface area contributed by atoms with Gasteiger partial charge in [-0.2, -0.15) is 0 Å². The van der Waals surface area contributed by atoms with Crippen LogP contribution in [0.5, 0.6) is 0 Å². The number of rotatable bonds is 36. The molecule has 0 unspecified atom stereocenters. The molecule has 0 aliphatic heterocycles. The van der Waals surface area contributed by atoms with Crippen LogP contribution in [-0.2, 0) is 88.8 Å². The van der Waals surface area contributed by atoms with Crippen LogP contribution in [-0.4, -0.2) is 48.3 Å². The molecule has 16 heteroatoms. The van der Waals surface area contributed by atoms with E-state index in [2.05, 4.69) is 97.5 Å². The van der Waals surface area contributed by atoms with Crippen LogP contribution < -0.4 is 63.7 Å². The topological polar surface area (TPSA) is 185 Å². The lowest BCUT2D eigenvalue weighted by atomic mass is 9.81. The van der Waals surface area contributed by atoms with Crippen LogP contribution in [0, 0.1) is 0 Å². The van der Waals surface area contributed by atoms with Gasteiger partial charge in [-0.15, -0.1) is 0 Å². The van der Waals surface area contributed by atoms with E-state index in [-0.39, 0.29) is 24.6 Å². The molecule has 0 saturated heterocycles. The monoisotopic (exact) mass is 1670 g/mol. The number of amides is 4. The van der Waals surface area contributed by atoms with E-state index in [1.807, 2.05) is 243 Å². The van der Waals surface area contributed by atoms with Gasteiger partial charge in [0.25, 0.3) is 0 Å². The molecule has 0 atom stereocenters. The minimum absolute atomic E-state index is 0.305. The molecular formula is C104H112N4O8P4. The number of anilines is 4. The maximum Gasteiger partial charge on any atom is 0.232 e. The number of hydrogen-bond acceptors (Lipinski definition) is 8. The molecule has 1 aliphatic rings. The predicted molar refractivity (Wildman–Crippen MR) is 503 cm³/mol. The van der Waals surface area contributed by atoms with Gasteiger partial charge >= 0.3 is 0 Å². The van der Waals surface area contributed by atoms with Gasteiger partial charge in [0, 0.05) is 65.2 Å². The first kappa shape index (κ1) is 87.3. The zero-order valence-corrected chi connectivity index (χ0v) is 73.3. The Kier molecular flexibility index (Phi) is 30.3. The number of hydrogen-bond donors (Lipinski definition) is 4. The van der Waals surface area contributed by atoms with Gasteiger partial charge < -0.3 is 39.5 Å². The van der Waals surface area contributed by atoms with Gasteiger partial charge in [0.2, 0.25) is 23.6 Å². The summed E-state index contributed by atoms with van der Waals surface area (Å²) in [5.41, 5.74) is 14.3. The van der Waals surface area contributed by atoms with Crippen molar-refractivity contribution >= 4 is 117 Å². The van der Waals surface area contributed by atoms with Crippen LogP contribution >= 0.6 is 28.6 Å². The highest BCUT2D eigenvalue weighted by Crippen LogP contribution is 2.48. The second-order valence-corrected chi connectivity index (χ2v) is 43.4. The minimum atomic E-state index is -3.59. The average Bonchev–Trinajstić information content (AvgIpc) is 0.764. The van der Waals surface area contributed by atoms with Crippen LogP contribution in [0.1, 0.15) is 172 Å². The number of carbonyl (C=O) groups is 4. The van der Waals surface area contributed by atoms with Crippen LogP contribution in [0.25, 0.3) is 0 Å². The average molecular weight is 1670 g/mol. The summed E-state index contributed by atoms with van der Waals surface area (Å²) in [7, 11) is -14.4. The summed E-state index contributed by atoms with van der Waals surface area (Å²) in [6, 6.07) is 91.1. The van der Waals surface area contributed by atoms with E-state index in [0.29, 0.717) is 117 Å². The summed E-state index contributed by atoms with van der Waals surface area (Å²) < 4.78 is 63.7. The second kappa shape index (κ2) is 41.6. The third kappa shape index (κ3) is 21.6. The van der Waals surface area contributed by atoms with E-state index in [1.54, 1.807) is 0 Å². The summed E-state index contributed by atoms with van der Waals surface area (Å²) in [6.07, 6.45) is 13.9. The molecule has 0 saturated carbocycles. The van der Waals surface area contributed by atoms with Gasteiger partial charge in [-0.05, 0) is 192 Å². The molecule has 0 spiro atoms. The van der Waals surface area contributed by atoms with Gasteiger partial charge in [0.1, 0.15) is 0 Å². The van der Waals surface area contributed by atoms with Crippen molar-refractivity contribution in [2.75, 3.05) is 45.9 Å². The van der Waals surface area contributed by atoms with Crippen LogP contribution in [0.2, 0.25) is 0 Å². The predicted octanol–water partition coefficient (Wildman–Crippen LogP) is 21.1. The largest absolute Gasteiger partial charge is 0.326 e. The van der Waals surface area contributed by atoms with Gasteiger partial charge in [0.05, 0.1) is 24.6 Å². The summed E-state index contributed by atoms with van der Waals surface area (Å²) in [5.74, 6) is -1.66. The summed E-state index contributed by atoms with van der Waals surface area (Å²) >= 11 is 0. The first-order chi connectivity index (χ1) is 58.4. The fourth-order valence-corrected chi connectivity index (χ4v) is 27.2. The van der Waals surface area contributed by atoms with E-state index in [4.69, 9.17) is 0 Å². The van der Waals surface area contributed by atoms with Crippen LogP contribution in [0.15, 0.2) is 291 Å². The molecule has 4 amide bonds. The zero-order valence-electron chi connectivity index (χ0n) is 69.7. The smallest absolute Gasteiger partial charge is 0.232 e. The van der Waals surface area contributed by atoms with Crippen molar-refractivity contribution in [1.29, 1.82) is 0 Å². The summed E-state index contributed by atoms with van der Waals surface area (Å²) in [5, 5.41) is 18.1. The molecule has 0 aromatic heterocycles. The number of carbonyl (C=O) groups excluding carboxylic acids is 4. The van der Waals surface area contributed by atoms with Gasteiger partial charge in [-0.1, -0.05) is 322 Å². The SMILES string of the molecule is CCCCCc1c2cc(NC(=O)CP(=O)(c3ccccc3)c3ccccc3)cc1Cc1cc(NC(=O)CP(=O)(c3ccccc3)c3ccccc3)cc(c1CCCCC)Cc1cc(NC(=O)CP(=O)(c3ccccc3)c3ccccc3)cc(c1CCCCC)Cc1cc(NC(=O)CP(=O)(c3ccccc3)c3ccccc3)cc(c1CCCCC)C2. The maximum atomic E-state index is 15.9. The van der Waals surface area contributed by atoms with E-state index in [0.717, 1.165) is 144 Å². The number of unbranched alkanes of at least 4 members (excludes halogenated alkanes) is 8. The van der Waals surface area contributed by atoms with Crippen LogP contribution in [0.3, 0.4) is 0 Å². The van der Waals surface area contributed by atoms with Crippen molar-refractivity contribution in [2.24, 2.45) is 0 Å². The molecule has 0 radical (unpaired) electrons. The van der Waals surface area contributed by atoms with Crippen molar-refractivity contribution in [2.45, 2.75) is 156 Å². The quantitative estimate of drug-likeness (QED) is 0.0221. The third-order valence-corrected chi connectivity index (χ3v) is 35.4. The number of nitrogens with one attached hydrogen (secondary N) is 4. The fraction of sp³-hybridized carbons (Fsp3) is 0.269. The van der Waals surface area contributed by atoms with E-state index in [9.17, 15) is 0 Å². The van der Waals surface area contributed by atoms with Crippen molar-refractivity contribution in [3.63, 3.8) is 0 Å². The number of benzene rings is 12. The molecule has 12 nitrogen and oxygen atoms in total. The molecule has 120 heavy (non-hydrogen) atoms. The molecular weight excluding hydrogens is 1560 g/mol. The zero-order chi connectivity index (χ0) is 83.9. The summed E-state index contributed by atoms with van der Waals surface area (Å²) in [4.78, 5) is 61.9. The Hall–Kier alpha value is -10.6. The lowest BCUT2D eigenvalue weighted by Crippen LogP contribution is -2.26. The van der Waals surface area contributed by atoms with E-state index in [1.165, 1.54) is 0 Å². The molecule has 0 fully saturated rings. The van der Waals surface area contributed by atoms with E-state index < -0.39 is 52.2 Å². The molecule has 12 aromatic carbocycles. The highest BCUT2D eigenvalue weighted by molar-refractivity contribution is 7.80. The minimum Gasteiger partial charge on any atom is -0.326 e. The van der Waals surface area contributed by atoms with Gasteiger partial charge in [-0.25, -0.2) is 0 Å². The lowest BCUT2D eigenvalue weighted by molar-refractivity contribution is -0.114. The molecule has 12 aromatic rings. The van der Waals surface area contributed by atoms with Crippen LogP contribution in [0.4, 0.5) is 22.7 Å². The molecule has 8 bridgehead atoms. The number of fused-ring (bicyclic) bond motifs is 8. The lowest BCUT2D eigenvalue weighted by Gasteiger charge is -2.26. The molecule has 616 valence electrons.